The van der Waals surface area contributed by atoms with E-state index in [0.29, 0.717) is 10.0 Å². The number of aromatic nitrogens is 4. The normalized spacial score (nSPS) is 12.3. The molecule has 0 atom stereocenters. The van der Waals surface area contributed by atoms with Crippen LogP contribution < -0.4 is 0 Å². The van der Waals surface area contributed by atoms with Crippen molar-refractivity contribution in [2.24, 2.45) is 0 Å². The maximum atomic E-state index is 13.8. The summed E-state index contributed by atoms with van der Waals surface area (Å²) >= 11 is 2.71. The molecule has 0 saturated carbocycles. The van der Waals surface area contributed by atoms with Crippen LogP contribution in [-0.4, -0.2) is 19.7 Å². The Morgan fingerprint density at radius 1 is 1.04 bits per heavy atom. The number of benzene rings is 1. The fourth-order valence-corrected chi connectivity index (χ4v) is 4.75. The first-order valence-electron chi connectivity index (χ1n) is 8.29. The van der Waals surface area contributed by atoms with E-state index >= 15 is 0 Å². The van der Waals surface area contributed by atoms with Crippen LogP contribution >= 0.6 is 22.7 Å². The average Bonchev–Trinajstić information content (AvgIpc) is 3.38. The van der Waals surface area contributed by atoms with Gasteiger partial charge >= 0.3 is 6.18 Å². The van der Waals surface area contributed by atoms with E-state index in [1.165, 1.54) is 27.4 Å². The number of hydrogen-bond donors (Lipinski definition) is 0. The van der Waals surface area contributed by atoms with Gasteiger partial charge in [-0.25, -0.2) is 9.97 Å². The van der Waals surface area contributed by atoms with Crippen LogP contribution in [0.3, 0.4) is 0 Å². The van der Waals surface area contributed by atoms with Crippen LogP contribution in [0.2, 0.25) is 0 Å². The van der Waals surface area contributed by atoms with Crippen molar-refractivity contribution in [2.75, 3.05) is 0 Å². The molecule has 9 heteroatoms. The van der Waals surface area contributed by atoms with Gasteiger partial charge in [0, 0.05) is 0 Å². The van der Waals surface area contributed by atoms with Crippen LogP contribution in [-0.2, 0) is 6.18 Å². The standard InChI is InChI=1S/C19H11F3N4S2/c1-10-16-11(19(20,21)22)9-13(14-7-4-8-27-14)23-17(16)26(25-10)18-24-12-5-2-3-6-15(12)28-18/h2-9H,1H3. The third kappa shape index (κ3) is 2.70. The Hall–Kier alpha value is -2.78. The number of pyridine rings is 1. The van der Waals surface area contributed by atoms with Crippen LogP contribution in [0.1, 0.15) is 11.3 Å². The Kier molecular flexibility index (Phi) is 3.78. The molecule has 1 aromatic carbocycles. The highest BCUT2D eigenvalue weighted by molar-refractivity contribution is 7.20. The van der Waals surface area contributed by atoms with Gasteiger partial charge in [-0.15, -0.1) is 11.3 Å². The van der Waals surface area contributed by atoms with Gasteiger partial charge in [-0.2, -0.15) is 23.0 Å². The third-order valence-electron chi connectivity index (χ3n) is 4.36. The van der Waals surface area contributed by atoms with Gasteiger partial charge in [0.25, 0.3) is 0 Å². The van der Waals surface area contributed by atoms with Gasteiger partial charge in [-0.05, 0) is 36.6 Å². The smallest absolute Gasteiger partial charge is 0.227 e. The van der Waals surface area contributed by atoms with Gasteiger partial charge in [0.15, 0.2) is 5.65 Å². The summed E-state index contributed by atoms with van der Waals surface area (Å²) in [6.45, 7) is 1.56. The van der Waals surface area contributed by atoms with E-state index in [1.807, 2.05) is 29.6 Å². The minimum absolute atomic E-state index is 0.00654. The van der Waals surface area contributed by atoms with Gasteiger partial charge < -0.3 is 0 Å². The molecule has 4 aromatic heterocycles. The van der Waals surface area contributed by atoms with E-state index in [1.54, 1.807) is 19.1 Å². The monoisotopic (exact) mass is 416 g/mol. The number of aryl methyl sites for hydroxylation is 1. The fourth-order valence-electron chi connectivity index (χ4n) is 3.15. The lowest BCUT2D eigenvalue weighted by Gasteiger charge is -2.10. The molecule has 140 valence electrons. The van der Waals surface area contributed by atoms with Crippen molar-refractivity contribution >= 4 is 43.9 Å². The predicted octanol–water partition coefficient (Wildman–Crippen LogP) is 6.09. The molecule has 0 radical (unpaired) electrons. The number of alkyl halides is 3. The van der Waals surface area contributed by atoms with Crippen LogP contribution in [0.5, 0.6) is 0 Å². The largest absolute Gasteiger partial charge is 0.417 e. The lowest BCUT2D eigenvalue weighted by molar-refractivity contribution is -0.136. The molecule has 28 heavy (non-hydrogen) atoms. The zero-order valence-corrected chi connectivity index (χ0v) is 16.0. The molecule has 5 aromatic rings. The van der Waals surface area contributed by atoms with Crippen molar-refractivity contribution in [3.05, 3.63) is 59.1 Å². The predicted molar refractivity (Wildman–Crippen MR) is 105 cm³/mol. The second kappa shape index (κ2) is 6.11. The highest BCUT2D eigenvalue weighted by atomic mass is 32.1. The quantitative estimate of drug-likeness (QED) is 0.350. The van der Waals surface area contributed by atoms with Gasteiger partial charge in [-0.3, -0.25) is 0 Å². The maximum Gasteiger partial charge on any atom is 0.417 e. The highest BCUT2D eigenvalue weighted by Gasteiger charge is 2.36. The van der Waals surface area contributed by atoms with Crippen LogP contribution in [0.25, 0.3) is 37.0 Å². The van der Waals surface area contributed by atoms with E-state index in [4.69, 9.17) is 0 Å². The first-order valence-corrected chi connectivity index (χ1v) is 9.99. The summed E-state index contributed by atoms with van der Waals surface area (Å²) < 4.78 is 43.8. The fraction of sp³-hybridized carbons (Fsp3) is 0.105. The van der Waals surface area contributed by atoms with Gasteiger partial charge in [0.2, 0.25) is 5.13 Å². The van der Waals surface area contributed by atoms with Crippen LogP contribution in [0, 0.1) is 6.92 Å². The number of para-hydroxylation sites is 1. The molecule has 0 aliphatic heterocycles. The molecule has 0 amide bonds. The molecule has 0 aliphatic rings. The number of fused-ring (bicyclic) bond motifs is 2. The van der Waals surface area contributed by atoms with Crippen molar-refractivity contribution in [3.63, 3.8) is 0 Å². The van der Waals surface area contributed by atoms with E-state index in [-0.39, 0.29) is 22.4 Å². The molecule has 4 heterocycles. The van der Waals surface area contributed by atoms with Gasteiger partial charge in [-0.1, -0.05) is 29.5 Å². The summed E-state index contributed by atoms with van der Waals surface area (Å²) in [5.74, 6) is 0. The first kappa shape index (κ1) is 17.3. The Labute approximate surface area is 164 Å². The third-order valence-corrected chi connectivity index (χ3v) is 6.26. The molecule has 0 fully saturated rings. The van der Waals surface area contributed by atoms with Crippen LogP contribution in [0.15, 0.2) is 47.8 Å². The number of rotatable bonds is 2. The number of nitrogens with zero attached hydrogens (tertiary/aromatic N) is 4. The zero-order chi connectivity index (χ0) is 19.5. The van der Waals surface area contributed by atoms with Crippen molar-refractivity contribution in [1.82, 2.24) is 19.7 Å². The Morgan fingerprint density at radius 2 is 1.86 bits per heavy atom. The summed E-state index contributed by atoms with van der Waals surface area (Å²) in [6.07, 6.45) is -4.51. The van der Waals surface area contributed by atoms with Gasteiger partial charge in [0.1, 0.15) is 0 Å². The SMILES string of the molecule is Cc1nn(-c2nc3ccccc3s2)c2nc(-c3cccs3)cc(C(F)(F)F)c12. The maximum absolute atomic E-state index is 13.8. The van der Waals surface area contributed by atoms with E-state index in [2.05, 4.69) is 15.1 Å². The molecular weight excluding hydrogens is 405 g/mol. The van der Waals surface area contributed by atoms with Crippen molar-refractivity contribution in [1.29, 1.82) is 0 Å². The molecule has 0 N–H and O–H groups in total. The summed E-state index contributed by atoms with van der Waals surface area (Å²) in [4.78, 5) is 9.74. The van der Waals surface area contributed by atoms with E-state index in [9.17, 15) is 13.2 Å². The summed E-state index contributed by atoms with van der Waals surface area (Å²) in [7, 11) is 0. The zero-order valence-electron chi connectivity index (χ0n) is 14.4. The highest BCUT2D eigenvalue weighted by Crippen LogP contribution is 2.39. The molecule has 0 saturated heterocycles. The Bertz CT molecular complexity index is 1280. The molecular formula is C19H11F3N4S2. The average molecular weight is 416 g/mol. The Morgan fingerprint density at radius 3 is 2.57 bits per heavy atom. The van der Waals surface area contributed by atoms with Gasteiger partial charge in [0.05, 0.1) is 37.4 Å². The lowest BCUT2D eigenvalue weighted by Crippen LogP contribution is -2.07. The van der Waals surface area contributed by atoms with Crippen molar-refractivity contribution in [2.45, 2.75) is 13.1 Å². The van der Waals surface area contributed by atoms with Crippen molar-refractivity contribution in [3.8, 4) is 15.7 Å². The Balaban J connectivity index is 1.84. The summed E-state index contributed by atoms with van der Waals surface area (Å²) in [5, 5.41) is 6.66. The van der Waals surface area contributed by atoms with Crippen LogP contribution in [0.4, 0.5) is 13.2 Å². The molecule has 4 nitrogen and oxygen atoms in total. The molecule has 0 spiro atoms. The number of thiophene rings is 1. The summed E-state index contributed by atoms with van der Waals surface area (Å²) in [5.41, 5.74) is 0.749. The second-order valence-electron chi connectivity index (χ2n) is 6.19. The second-order valence-corrected chi connectivity index (χ2v) is 8.15. The number of thiazole rings is 1. The topological polar surface area (TPSA) is 43.6 Å². The van der Waals surface area contributed by atoms with Crippen molar-refractivity contribution < 1.29 is 13.2 Å². The van der Waals surface area contributed by atoms with E-state index < -0.39 is 11.7 Å². The number of hydrogen-bond acceptors (Lipinski definition) is 5. The molecule has 0 unspecified atom stereocenters. The molecule has 0 bridgehead atoms. The van der Waals surface area contributed by atoms with E-state index in [0.717, 1.165) is 16.3 Å². The minimum Gasteiger partial charge on any atom is -0.227 e. The summed E-state index contributed by atoms with van der Waals surface area (Å²) in [6, 6.07) is 12.2. The minimum atomic E-state index is -4.51. The molecule has 0 aliphatic carbocycles. The molecule has 5 rings (SSSR count). The first-order chi connectivity index (χ1) is 13.4. The number of halogens is 3. The lowest BCUT2D eigenvalue weighted by atomic mass is 10.1.